The summed E-state index contributed by atoms with van der Waals surface area (Å²) in [6.07, 6.45) is 2.17. The molecule has 0 aromatic heterocycles. The highest BCUT2D eigenvalue weighted by Crippen LogP contribution is 2.34. The lowest BCUT2D eigenvalue weighted by Crippen LogP contribution is -2.36. The average molecular weight is 478 g/mol. The minimum Gasteiger partial charge on any atom is -0.377 e. The first-order valence-corrected chi connectivity index (χ1v) is 13.1. The van der Waals surface area contributed by atoms with Gasteiger partial charge in [-0.05, 0) is 25.0 Å². The molecular weight excluding hydrogens is 450 g/mol. The van der Waals surface area contributed by atoms with E-state index in [0.717, 1.165) is 29.7 Å². The van der Waals surface area contributed by atoms with Gasteiger partial charge in [0.15, 0.2) is 0 Å². The summed E-state index contributed by atoms with van der Waals surface area (Å²) in [7, 11) is -0.455. The van der Waals surface area contributed by atoms with E-state index in [1.54, 1.807) is 18.2 Å². The maximum Gasteiger partial charge on any atom is 0.342 e. The molecule has 4 rings (SSSR count). The smallest absolute Gasteiger partial charge is 0.342 e. The highest BCUT2D eigenvalue weighted by molar-refractivity contribution is 8.00. The van der Waals surface area contributed by atoms with Gasteiger partial charge >= 0.3 is 22.1 Å². The van der Waals surface area contributed by atoms with Crippen LogP contribution < -0.4 is 15.5 Å². The number of carbonyl (C=O) groups is 2. The third-order valence-corrected chi connectivity index (χ3v) is 8.68. The minimum atomic E-state index is -4.23. The van der Waals surface area contributed by atoms with Crippen molar-refractivity contribution in [2.24, 2.45) is 0 Å². The number of nitrogens with one attached hydrogen (secondary N) is 2. The number of amides is 2. The van der Waals surface area contributed by atoms with Crippen molar-refractivity contribution in [3.05, 3.63) is 36.4 Å². The Kier molecular flexibility index (Phi) is 6.52. The van der Waals surface area contributed by atoms with Crippen molar-refractivity contribution >= 4 is 50.3 Å². The zero-order valence-electron chi connectivity index (χ0n) is 18.0. The monoisotopic (exact) mass is 477 g/mol. The molecule has 10 heteroatoms. The molecule has 2 heterocycles. The minimum absolute atomic E-state index is 0.00933. The first-order valence-electron chi connectivity index (χ1n) is 10.6. The third kappa shape index (κ3) is 4.66. The molecule has 3 atom stereocenters. The lowest BCUT2D eigenvalue weighted by Gasteiger charge is -2.17. The Balaban J connectivity index is 1.34. The Morgan fingerprint density at radius 1 is 1.12 bits per heavy atom. The molecule has 2 aromatic carbocycles. The lowest BCUT2D eigenvalue weighted by atomic mass is 10.0. The van der Waals surface area contributed by atoms with Crippen molar-refractivity contribution in [2.75, 3.05) is 24.7 Å². The van der Waals surface area contributed by atoms with Gasteiger partial charge in [0, 0.05) is 48.0 Å². The molecule has 2 aliphatic rings. The highest BCUT2D eigenvalue weighted by Gasteiger charge is 2.42. The molecule has 8 nitrogen and oxygen atoms in total. The summed E-state index contributed by atoms with van der Waals surface area (Å²) < 4.78 is 30.6. The first kappa shape index (κ1) is 22.7. The number of hydrogen-bond acceptors (Lipinski definition) is 7. The van der Waals surface area contributed by atoms with Crippen LogP contribution in [-0.2, 0) is 19.1 Å². The van der Waals surface area contributed by atoms with Crippen LogP contribution in [0.15, 0.2) is 41.3 Å². The van der Waals surface area contributed by atoms with E-state index < -0.39 is 16.1 Å². The molecule has 172 valence electrons. The standard InChI is InChI=1S/C22H27N3O5S2/c1-25(2)17-9-5-8-15-14(17)7-6-11-19(15)32(28,29)30-20(26)12-4-3-10-18-21-16(13-31-18)23-22(27)24-21/h5-9,11,16,18,21H,3-4,10,12-13H2,1-2H3,(H2,23,24,27)/t16-,18-,21-/m0/s1. The molecule has 0 unspecified atom stereocenters. The molecule has 0 spiro atoms. The van der Waals surface area contributed by atoms with E-state index in [1.165, 1.54) is 6.07 Å². The van der Waals surface area contributed by atoms with Gasteiger partial charge in [-0.15, -0.1) is 0 Å². The molecule has 2 amide bonds. The summed E-state index contributed by atoms with van der Waals surface area (Å²) in [6.45, 7) is 0. The Labute approximate surface area is 192 Å². The van der Waals surface area contributed by atoms with Gasteiger partial charge in [-0.3, -0.25) is 4.79 Å². The molecular formula is C22H27N3O5S2. The summed E-state index contributed by atoms with van der Waals surface area (Å²) >= 11 is 1.81. The van der Waals surface area contributed by atoms with Gasteiger partial charge in [0.05, 0.1) is 12.1 Å². The van der Waals surface area contributed by atoms with Crippen molar-refractivity contribution in [1.29, 1.82) is 0 Å². The second-order valence-corrected chi connectivity index (χ2v) is 11.1. The Morgan fingerprint density at radius 3 is 2.66 bits per heavy atom. The first-order chi connectivity index (χ1) is 15.3. The highest BCUT2D eigenvalue weighted by atomic mass is 32.2. The molecule has 0 saturated carbocycles. The number of rotatable bonds is 8. The summed E-state index contributed by atoms with van der Waals surface area (Å²) in [5.74, 6) is 0.133. The van der Waals surface area contributed by atoms with Gasteiger partial charge < -0.3 is 19.7 Å². The second kappa shape index (κ2) is 9.19. The number of carbonyl (C=O) groups excluding carboxylic acids is 2. The second-order valence-electron chi connectivity index (χ2n) is 8.30. The van der Waals surface area contributed by atoms with Gasteiger partial charge in [-0.25, -0.2) is 4.79 Å². The van der Waals surface area contributed by atoms with Crippen molar-refractivity contribution in [3.8, 4) is 0 Å². The molecule has 2 saturated heterocycles. The molecule has 2 fully saturated rings. The molecule has 2 aromatic rings. The normalized spacial score (nSPS) is 22.3. The Morgan fingerprint density at radius 2 is 1.88 bits per heavy atom. The van der Waals surface area contributed by atoms with Gasteiger partial charge in [0.1, 0.15) is 4.90 Å². The Hall–Kier alpha value is -2.46. The summed E-state index contributed by atoms with van der Waals surface area (Å²) in [6, 6.07) is 10.5. The number of fused-ring (bicyclic) bond motifs is 2. The molecule has 0 bridgehead atoms. The zero-order chi connectivity index (χ0) is 22.9. The predicted molar refractivity (Wildman–Crippen MR) is 126 cm³/mol. The largest absolute Gasteiger partial charge is 0.377 e. The van der Waals surface area contributed by atoms with Crippen molar-refractivity contribution in [1.82, 2.24) is 10.6 Å². The van der Waals surface area contributed by atoms with Crippen LogP contribution in [0.5, 0.6) is 0 Å². The van der Waals surface area contributed by atoms with Gasteiger partial charge in [0.25, 0.3) is 0 Å². The number of benzene rings is 2. The number of unbranched alkanes of at least 4 members (excludes halogenated alkanes) is 1. The van der Waals surface area contributed by atoms with Gasteiger partial charge in [-0.1, -0.05) is 30.7 Å². The summed E-state index contributed by atoms with van der Waals surface area (Å²) in [5, 5.41) is 7.45. The molecule has 32 heavy (non-hydrogen) atoms. The lowest BCUT2D eigenvalue weighted by molar-refractivity contribution is -0.133. The van der Waals surface area contributed by atoms with E-state index >= 15 is 0 Å². The van der Waals surface area contributed by atoms with Crippen molar-refractivity contribution < 1.29 is 22.2 Å². The van der Waals surface area contributed by atoms with Gasteiger partial charge in [0.2, 0.25) is 0 Å². The van der Waals surface area contributed by atoms with Crippen LogP contribution in [0, 0.1) is 0 Å². The molecule has 0 radical (unpaired) electrons. The number of urea groups is 1. The van der Waals surface area contributed by atoms with Crippen LogP contribution in [0.1, 0.15) is 25.7 Å². The fourth-order valence-corrected chi connectivity index (χ4v) is 6.99. The van der Waals surface area contributed by atoms with Crippen molar-refractivity contribution in [2.45, 2.75) is 47.9 Å². The number of hydrogen-bond donors (Lipinski definition) is 2. The maximum atomic E-state index is 12.8. The number of nitrogens with zero attached hydrogens (tertiary/aromatic N) is 1. The van der Waals surface area contributed by atoms with Crippen LogP contribution in [-0.4, -0.2) is 57.6 Å². The van der Waals surface area contributed by atoms with E-state index in [2.05, 4.69) is 10.6 Å². The zero-order valence-corrected chi connectivity index (χ0v) is 19.7. The molecule has 2 aliphatic heterocycles. The van der Waals surface area contributed by atoms with Crippen LogP contribution in [0.2, 0.25) is 0 Å². The van der Waals surface area contributed by atoms with E-state index in [-0.39, 0.29) is 29.4 Å². The van der Waals surface area contributed by atoms with E-state index in [0.29, 0.717) is 17.1 Å². The Bertz CT molecular complexity index is 1140. The molecule has 0 aliphatic carbocycles. The van der Waals surface area contributed by atoms with E-state index in [4.69, 9.17) is 4.18 Å². The number of anilines is 1. The van der Waals surface area contributed by atoms with E-state index in [9.17, 15) is 18.0 Å². The summed E-state index contributed by atoms with van der Waals surface area (Å²) in [5.41, 5.74) is 0.881. The van der Waals surface area contributed by atoms with Crippen LogP contribution in [0.3, 0.4) is 0 Å². The van der Waals surface area contributed by atoms with Crippen LogP contribution >= 0.6 is 11.8 Å². The number of thioether (sulfide) groups is 1. The van der Waals surface area contributed by atoms with Crippen LogP contribution in [0.4, 0.5) is 10.5 Å². The molecule has 2 N–H and O–H groups in total. The summed E-state index contributed by atoms with van der Waals surface area (Å²) in [4.78, 5) is 25.6. The van der Waals surface area contributed by atoms with Gasteiger partial charge in [-0.2, -0.15) is 20.2 Å². The fourth-order valence-electron chi connectivity index (χ4n) is 4.34. The topological polar surface area (TPSA) is 105 Å². The van der Waals surface area contributed by atoms with Crippen molar-refractivity contribution in [3.63, 3.8) is 0 Å². The maximum absolute atomic E-state index is 12.8. The van der Waals surface area contributed by atoms with Crippen LogP contribution in [0.25, 0.3) is 10.8 Å². The SMILES string of the molecule is CN(C)c1cccc2c(S(=O)(=O)OC(=O)CCCC[C@@H]3SC[C@@H]4NC(=O)N[C@@H]43)cccc12. The predicted octanol–water partition coefficient (Wildman–Crippen LogP) is 2.86. The van der Waals surface area contributed by atoms with E-state index in [1.807, 2.05) is 42.9 Å². The fraction of sp³-hybridized carbons (Fsp3) is 0.455. The average Bonchev–Trinajstić information content (AvgIpc) is 3.29. The third-order valence-electron chi connectivity index (χ3n) is 5.87. The quantitative estimate of drug-likeness (QED) is 0.342.